The number of halogens is 2. The fraction of sp³-hybridized carbons (Fsp3) is 0.316. The summed E-state index contributed by atoms with van der Waals surface area (Å²) < 4.78 is 13.3. The van der Waals surface area contributed by atoms with E-state index in [4.69, 9.17) is 9.47 Å². The molecule has 0 saturated heterocycles. The van der Waals surface area contributed by atoms with Gasteiger partial charge in [0, 0.05) is 10.0 Å². The van der Waals surface area contributed by atoms with Gasteiger partial charge < -0.3 is 9.47 Å². The van der Waals surface area contributed by atoms with E-state index in [9.17, 15) is 0 Å². The Morgan fingerprint density at radius 3 is 2.44 bits per heavy atom. The minimum Gasteiger partial charge on any atom is -0.490 e. The molecule has 6 heteroatoms. The molecular formula is C19H22Br2N2O2. The lowest BCUT2D eigenvalue weighted by Gasteiger charge is -2.18. The smallest absolute Gasteiger partial charge is 0.176 e. The van der Waals surface area contributed by atoms with E-state index in [0.717, 1.165) is 20.2 Å². The highest BCUT2D eigenvalue weighted by atomic mass is 79.9. The first-order chi connectivity index (χ1) is 11.9. The van der Waals surface area contributed by atoms with Gasteiger partial charge in [0.2, 0.25) is 0 Å². The maximum atomic E-state index is 5.89. The second kappa shape index (κ2) is 9.25. The number of hydrogen-bond acceptors (Lipinski definition) is 4. The summed E-state index contributed by atoms with van der Waals surface area (Å²) in [6, 6.07) is 9.97. The van der Waals surface area contributed by atoms with Crippen LogP contribution in [-0.2, 0) is 0 Å². The highest BCUT2D eigenvalue weighted by Gasteiger charge is 2.17. The zero-order valence-electron chi connectivity index (χ0n) is 14.8. The largest absolute Gasteiger partial charge is 0.490 e. The van der Waals surface area contributed by atoms with E-state index in [0.29, 0.717) is 18.1 Å². The van der Waals surface area contributed by atoms with E-state index in [1.165, 1.54) is 5.56 Å². The van der Waals surface area contributed by atoms with E-state index in [1.54, 1.807) is 6.21 Å². The minimum atomic E-state index is 0.0464. The molecule has 0 bridgehead atoms. The van der Waals surface area contributed by atoms with Gasteiger partial charge in [0.1, 0.15) is 0 Å². The highest BCUT2D eigenvalue weighted by Crippen LogP contribution is 2.42. The van der Waals surface area contributed by atoms with E-state index in [1.807, 2.05) is 51.1 Å². The average Bonchev–Trinajstić information content (AvgIpc) is 2.57. The Balaban J connectivity index is 2.27. The van der Waals surface area contributed by atoms with Crippen LogP contribution in [0.15, 0.2) is 44.4 Å². The molecule has 134 valence electrons. The van der Waals surface area contributed by atoms with Crippen molar-refractivity contribution in [3.05, 3.63) is 50.4 Å². The molecule has 0 heterocycles. The summed E-state index contributed by atoms with van der Waals surface area (Å²) in [6.45, 7) is 8.52. The predicted octanol–water partition coefficient (Wildman–Crippen LogP) is 6.15. The molecule has 0 saturated carbocycles. The number of hydrazone groups is 1. The summed E-state index contributed by atoms with van der Waals surface area (Å²) in [6.07, 6.45) is 1.79. The number of rotatable bonds is 7. The van der Waals surface area contributed by atoms with Crippen LogP contribution in [0.3, 0.4) is 0 Å². The molecule has 2 aromatic carbocycles. The molecule has 0 aliphatic carbocycles. The van der Waals surface area contributed by atoms with Crippen molar-refractivity contribution >= 4 is 43.8 Å². The first-order valence-corrected chi connectivity index (χ1v) is 9.68. The molecule has 0 aliphatic rings. The molecule has 0 aromatic heterocycles. The quantitative estimate of drug-likeness (QED) is 0.390. The Morgan fingerprint density at radius 2 is 1.84 bits per heavy atom. The van der Waals surface area contributed by atoms with Gasteiger partial charge in [-0.25, -0.2) is 0 Å². The molecule has 0 aliphatic heterocycles. The Hall–Kier alpha value is -1.53. The van der Waals surface area contributed by atoms with E-state index in [-0.39, 0.29) is 6.10 Å². The molecule has 2 rings (SSSR count). The lowest BCUT2D eigenvalue weighted by Crippen LogP contribution is -2.09. The van der Waals surface area contributed by atoms with Gasteiger partial charge in [0.25, 0.3) is 0 Å². The third-order valence-electron chi connectivity index (χ3n) is 3.26. The summed E-state index contributed by atoms with van der Waals surface area (Å²) >= 11 is 7.19. The summed E-state index contributed by atoms with van der Waals surface area (Å²) in [5.41, 5.74) is 6.05. The second-order valence-corrected chi connectivity index (χ2v) is 7.34. The van der Waals surface area contributed by atoms with Crippen molar-refractivity contribution in [3.8, 4) is 11.5 Å². The Labute approximate surface area is 165 Å². The zero-order chi connectivity index (χ0) is 18.4. The lowest BCUT2D eigenvalue weighted by atomic mass is 10.2. The van der Waals surface area contributed by atoms with Crippen LogP contribution in [0.25, 0.3) is 0 Å². The number of aryl methyl sites for hydroxylation is 1. The van der Waals surface area contributed by atoms with Crippen molar-refractivity contribution in [2.24, 2.45) is 5.10 Å². The maximum absolute atomic E-state index is 5.89. The normalized spacial score (nSPS) is 11.2. The second-order valence-electron chi connectivity index (χ2n) is 5.76. The highest BCUT2D eigenvalue weighted by molar-refractivity contribution is 9.13. The molecule has 0 radical (unpaired) electrons. The molecule has 25 heavy (non-hydrogen) atoms. The summed E-state index contributed by atoms with van der Waals surface area (Å²) in [4.78, 5) is 0. The van der Waals surface area contributed by atoms with Crippen LogP contribution in [0.4, 0.5) is 5.69 Å². The summed E-state index contributed by atoms with van der Waals surface area (Å²) in [5, 5.41) is 4.31. The van der Waals surface area contributed by atoms with Gasteiger partial charge in [-0.05, 0) is 77.8 Å². The van der Waals surface area contributed by atoms with Gasteiger partial charge in [-0.2, -0.15) is 5.10 Å². The molecule has 4 nitrogen and oxygen atoms in total. The molecule has 0 spiro atoms. The third-order valence-corrected chi connectivity index (χ3v) is 5.40. The fourth-order valence-electron chi connectivity index (χ4n) is 2.11. The monoisotopic (exact) mass is 468 g/mol. The van der Waals surface area contributed by atoms with Gasteiger partial charge in [0.05, 0.1) is 29.1 Å². The SMILES string of the molecule is CCOc1cc(/C=N/Nc2ccc(C)cc2)c(Br)c(Br)c1OC(C)C. The fourth-order valence-corrected chi connectivity index (χ4v) is 3.03. The topological polar surface area (TPSA) is 42.8 Å². The predicted molar refractivity (Wildman–Crippen MR) is 111 cm³/mol. The van der Waals surface area contributed by atoms with Crippen molar-refractivity contribution < 1.29 is 9.47 Å². The minimum absolute atomic E-state index is 0.0464. The van der Waals surface area contributed by atoms with Crippen molar-refractivity contribution in [1.82, 2.24) is 0 Å². The number of hydrogen-bond donors (Lipinski definition) is 1. The van der Waals surface area contributed by atoms with Gasteiger partial charge in [-0.3, -0.25) is 5.43 Å². The Bertz CT molecular complexity index is 744. The maximum Gasteiger partial charge on any atom is 0.176 e. The molecule has 1 N–H and O–H groups in total. The molecular weight excluding hydrogens is 448 g/mol. The molecule has 2 aromatic rings. The van der Waals surface area contributed by atoms with Crippen molar-refractivity contribution in [2.75, 3.05) is 12.0 Å². The number of nitrogens with zero attached hydrogens (tertiary/aromatic N) is 1. The molecule has 0 amide bonds. The molecule has 0 atom stereocenters. The molecule has 0 unspecified atom stereocenters. The van der Waals surface area contributed by atoms with Crippen molar-refractivity contribution in [2.45, 2.75) is 33.8 Å². The van der Waals surface area contributed by atoms with Crippen molar-refractivity contribution in [1.29, 1.82) is 0 Å². The van der Waals surface area contributed by atoms with E-state index < -0.39 is 0 Å². The first kappa shape index (κ1) is 19.8. The van der Waals surface area contributed by atoms with Crippen LogP contribution in [0.1, 0.15) is 31.9 Å². The standard InChI is InChI=1S/C19H22Br2N2O2/c1-5-24-16-10-14(17(20)18(21)19(16)25-12(2)3)11-22-23-15-8-6-13(4)7-9-15/h6-12,23H,5H2,1-4H3/b22-11+. The first-order valence-electron chi connectivity index (χ1n) is 8.09. The summed E-state index contributed by atoms with van der Waals surface area (Å²) in [5.74, 6) is 1.37. The zero-order valence-corrected chi connectivity index (χ0v) is 17.9. The van der Waals surface area contributed by atoms with Gasteiger partial charge in [-0.1, -0.05) is 17.7 Å². The lowest BCUT2D eigenvalue weighted by molar-refractivity contribution is 0.222. The van der Waals surface area contributed by atoms with Crippen LogP contribution in [0.2, 0.25) is 0 Å². The Morgan fingerprint density at radius 1 is 1.16 bits per heavy atom. The van der Waals surface area contributed by atoms with Crippen LogP contribution in [0, 0.1) is 6.92 Å². The average molecular weight is 470 g/mol. The van der Waals surface area contributed by atoms with E-state index in [2.05, 4.69) is 49.3 Å². The summed E-state index contributed by atoms with van der Waals surface area (Å²) in [7, 11) is 0. The number of benzene rings is 2. The van der Waals surface area contributed by atoms with Crippen LogP contribution in [0.5, 0.6) is 11.5 Å². The van der Waals surface area contributed by atoms with Gasteiger partial charge in [0.15, 0.2) is 11.5 Å². The van der Waals surface area contributed by atoms with Crippen LogP contribution < -0.4 is 14.9 Å². The number of anilines is 1. The van der Waals surface area contributed by atoms with Gasteiger partial charge in [-0.15, -0.1) is 0 Å². The number of nitrogens with one attached hydrogen (secondary N) is 1. The van der Waals surface area contributed by atoms with Crippen molar-refractivity contribution in [3.63, 3.8) is 0 Å². The van der Waals surface area contributed by atoms with Gasteiger partial charge >= 0.3 is 0 Å². The number of ether oxygens (including phenoxy) is 2. The van der Waals surface area contributed by atoms with Crippen LogP contribution >= 0.6 is 31.9 Å². The molecule has 0 fully saturated rings. The third kappa shape index (κ3) is 5.47. The Kier molecular flexibility index (Phi) is 7.32. The van der Waals surface area contributed by atoms with Crippen LogP contribution in [-0.4, -0.2) is 18.9 Å². The van der Waals surface area contributed by atoms with E-state index >= 15 is 0 Å².